The summed E-state index contributed by atoms with van der Waals surface area (Å²) in [6.45, 7) is 1.72. The van der Waals surface area contributed by atoms with Gasteiger partial charge in [-0.1, -0.05) is 24.3 Å². The highest BCUT2D eigenvalue weighted by molar-refractivity contribution is 5.80. The second kappa shape index (κ2) is 6.95. The number of hydrogen-bond acceptors (Lipinski definition) is 4. The highest BCUT2D eigenvalue weighted by Gasteiger charge is 2.42. The van der Waals surface area contributed by atoms with Crippen LogP contribution in [0.15, 0.2) is 42.7 Å². The van der Waals surface area contributed by atoms with Gasteiger partial charge in [-0.3, -0.25) is 4.79 Å². The van der Waals surface area contributed by atoms with Crippen molar-refractivity contribution in [2.45, 2.75) is 50.6 Å². The Kier molecular flexibility index (Phi) is 4.30. The molecule has 1 aromatic heterocycles. The molecule has 2 heterocycles. The number of fused-ring (bicyclic) bond motifs is 1. The lowest BCUT2D eigenvalue weighted by atomic mass is 9.94. The summed E-state index contributed by atoms with van der Waals surface area (Å²) < 4.78 is 0. The van der Waals surface area contributed by atoms with Crippen LogP contribution in [0.4, 0.5) is 5.95 Å². The lowest BCUT2D eigenvalue weighted by Crippen LogP contribution is -2.45. The van der Waals surface area contributed by atoms with Crippen molar-refractivity contribution in [3.8, 4) is 0 Å². The third-order valence-electron chi connectivity index (χ3n) is 6.31. The number of nitrogens with zero attached hydrogens (tertiary/aromatic N) is 4. The standard InChI is InChI=1S/C22H26N4O/c27-21(17-10-14-25(15-11-17)22-23-12-3-13-24-22)26(18-7-8-18)20-9-6-16-4-1-2-5-19(16)20/h1-5,12-13,17-18,20H,6-11,14-15H2. The number of aromatic nitrogens is 2. The van der Waals surface area contributed by atoms with Gasteiger partial charge < -0.3 is 9.80 Å². The normalized spacial score (nSPS) is 22.5. The van der Waals surface area contributed by atoms with Gasteiger partial charge in [0, 0.05) is 37.4 Å². The molecular weight excluding hydrogens is 336 g/mol. The summed E-state index contributed by atoms with van der Waals surface area (Å²) in [4.78, 5) is 26.7. The van der Waals surface area contributed by atoms with Crippen molar-refractivity contribution in [2.24, 2.45) is 5.92 Å². The van der Waals surface area contributed by atoms with Gasteiger partial charge >= 0.3 is 0 Å². The maximum absolute atomic E-state index is 13.5. The summed E-state index contributed by atoms with van der Waals surface area (Å²) in [6.07, 6.45) is 9.88. The minimum absolute atomic E-state index is 0.137. The molecule has 0 spiro atoms. The Labute approximate surface area is 160 Å². The van der Waals surface area contributed by atoms with Gasteiger partial charge in [0.15, 0.2) is 0 Å². The van der Waals surface area contributed by atoms with E-state index in [1.807, 2.05) is 6.07 Å². The molecule has 0 bridgehead atoms. The first-order chi connectivity index (χ1) is 13.3. The van der Waals surface area contributed by atoms with E-state index in [0.717, 1.165) is 44.7 Å². The van der Waals surface area contributed by atoms with Gasteiger partial charge in [0.2, 0.25) is 11.9 Å². The third kappa shape index (κ3) is 3.20. The molecule has 1 saturated heterocycles. The van der Waals surface area contributed by atoms with Gasteiger partial charge in [-0.25, -0.2) is 9.97 Å². The van der Waals surface area contributed by atoms with Crippen LogP contribution in [0.3, 0.4) is 0 Å². The molecule has 27 heavy (non-hydrogen) atoms. The first kappa shape index (κ1) is 16.7. The second-order valence-corrected chi connectivity index (χ2v) is 8.04. The van der Waals surface area contributed by atoms with E-state index in [2.05, 4.69) is 44.0 Å². The Morgan fingerprint density at radius 1 is 0.963 bits per heavy atom. The molecule has 0 radical (unpaired) electrons. The van der Waals surface area contributed by atoms with E-state index in [1.165, 1.54) is 24.0 Å². The monoisotopic (exact) mass is 362 g/mol. The fourth-order valence-electron chi connectivity index (χ4n) is 4.76. The van der Waals surface area contributed by atoms with Crippen molar-refractivity contribution in [2.75, 3.05) is 18.0 Å². The van der Waals surface area contributed by atoms with Gasteiger partial charge in [0.25, 0.3) is 0 Å². The van der Waals surface area contributed by atoms with E-state index in [9.17, 15) is 4.79 Å². The first-order valence-corrected chi connectivity index (χ1v) is 10.2. The average Bonchev–Trinajstić information content (AvgIpc) is 3.48. The predicted molar refractivity (Wildman–Crippen MR) is 104 cm³/mol. The molecule has 1 atom stereocenters. The molecule has 2 aliphatic carbocycles. The van der Waals surface area contributed by atoms with Crippen LogP contribution in [0.25, 0.3) is 0 Å². The Morgan fingerprint density at radius 2 is 1.70 bits per heavy atom. The van der Waals surface area contributed by atoms with Crippen molar-refractivity contribution in [3.63, 3.8) is 0 Å². The zero-order chi connectivity index (χ0) is 18.2. The van der Waals surface area contributed by atoms with Crippen LogP contribution >= 0.6 is 0 Å². The minimum atomic E-state index is 0.137. The summed E-state index contributed by atoms with van der Waals surface area (Å²) in [5.74, 6) is 1.30. The van der Waals surface area contributed by atoms with Crippen LogP contribution in [0.2, 0.25) is 0 Å². The first-order valence-electron chi connectivity index (χ1n) is 10.2. The topological polar surface area (TPSA) is 49.3 Å². The summed E-state index contributed by atoms with van der Waals surface area (Å²) >= 11 is 0. The predicted octanol–water partition coefficient (Wildman–Crippen LogP) is 3.37. The fourth-order valence-corrected chi connectivity index (χ4v) is 4.76. The van der Waals surface area contributed by atoms with E-state index in [0.29, 0.717) is 11.9 Å². The number of aryl methyl sites for hydroxylation is 1. The average molecular weight is 362 g/mol. The molecule has 1 aromatic carbocycles. The van der Waals surface area contributed by atoms with Gasteiger partial charge in [-0.15, -0.1) is 0 Å². The molecule has 1 aliphatic heterocycles. The van der Waals surface area contributed by atoms with Crippen molar-refractivity contribution in [1.29, 1.82) is 0 Å². The van der Waals surface area contributed by atoms with Gasteiger partial charge in [0.05, 0.1) is 6.04 Å². The molecule has 140 valence electrons. The van der Waals surface area contributed by atoms with Crippen molar-refractivity contribution >= 4 is 11.9 Å². The van der Waals surface area contributed by atoms with Crippen molar-refractivity contribution in [1.82, 2.24) is 14.9 Å². The molecular formula is C22H26N4O. The number of benzene rings is 1. The van der Waals surface area contributed by atoms with E-state index in [4.69, 9.17) is 0 Å². The number of carbonyl (C=O) groups is 1. The van der Waals surface area contributed by atoms with Crippen LogP contribution in [0, 0.1) is 5.92 Å². The number of carbonyl (C=O) groups excluding carboxylic acids is 1. The smallest absolute Gasteiger partial charge is 0.226 e. The number of anilines is 1. The van der Waals surface area contributed by atoms with E-state index in [-0.39, 0.29) is 12.0 Å². The fraction of sp³-hybridized carbons (Fsp3) is 0.500. The molecule has 2 aromatic rings. The lowest BCUT2D eigenvalue weighted by Gasteiger charge is -2.37. The summed E-state index contributed by atoms with van der Waals surface area (Å²) in [5.41, 5.74) is 2.81. The number of piperidine rings is 1. The quantitative estimate of drug-likeness (QED) is 0.837. The van der Waals surface area contributed by atoms with Crippen LogP contribution < -0.4 is 4.90 Å². The molecule has 0 N–H and O–H groups in total. The van der Waals surface area contributed by atoms with Crippen molar-refractivity contribution < 1.29 is 4.79 Å². The largest absolute Gasteiger partial charge is 0.341 e. The molecule has 3 aliphatic rings. The van der Waals surface area contributed by atoms with Crippen LogP contribution in [0.1, 0.15) is 49.3 Å². The maximum atomic E-state index is 13.5. The molecule has 1 saturated carbocycles. The number of rotatable bonds is 4. The maximum Gasteiger partial charge on any atom is 0.226 e. The molecule has 5 heteroatoms. The Bertz CT molecular complexity index is 812. The Hall–Kier alpha value is -2.43. The lowest BCUT2D eigenvalue weighted by molar-refractivity contribution is -0.139. The van der Waals surface area contributed by atoms with Gasteiger partial charge in [-0.05, 0) is 55.7 Å². The van der Waals surface area contributed by atoms with E-state index >= 15 is 0 Å². The molecule has 1 unspecified atom stereocenters. The molecule has 5 rings (SSSR count). The summed E-state index contributed by atoms with van der Waals surface area (Å²) in [6, 6.07) is 11.3. The number of amides is 1. The van der Waals surface area contributed by atoms with Crippen LogP contribution in [0.5, 0.6) is 0 Å². The third-order valence-corrected chi connectivity index (χ3v) is 6.31. The molecule has 2 fully saturated rings. The highest BCUT2D eigenvalue weighted by atomic mass is 16.2. The van der Waals surface area contributed by atoms with Crippen molar-refractivity contribution in [3.05, 3.63) is 53.9 Å². The zero-order valence-electron chi connectivity index (χ0n) is 15.6. The van der Waals surface area contributed by atoms with E-state index in [1.54, 1.807) is 12.4 Å². The number of hydrogen-bond donors (Lipinski definition) is 0. The Morgan fingerprint density at radius 3 is 2.44 bits per heavy atom. The molecule has 5 nitrogen and oxygen atoms in total. The van der Waals surface area contributed by atoms with E-state index < -0.39 is 0 Å². The second-order valence-electron chi connectivity index (χ2n) is 8.04. The molecule has 1 amide bonds. The van der Waals surface area contributed by atoms with Crippen LogP contribution in [-0.2, 0) is 11.2 Å². The SMILES string of the molecule is O=C(C1CCN(c2ncccn2)CC1)N(C1CC1)C1CCc2ccccc21. The minimum Gasteiger partial charge on any atom is -0.341 e. The van der Waals surface area contributed by atoms with Gasteiger partial charge in [-0.2, -0.15) is 0 Å². The Balaban J connectivity index is 1.30. The zero-order valence-corrected chi connectivity index (χ0v) is 15.6. The van der Waals surface area contributed by atoms with Crippen LogP contribution in [-0.4, -0.2) is 39.9 Å². The van der Waals surface area contributed by atoms with Gasteiger partial charge in [0.1, 0.15) is 0 Å². The summed E-state index contributed by atoms with van der Waals surface area (Å²) in [5, 5.41) is 0. The summed E-state index contributed by atoms with van der Waals surface area (Å²) in [7, 11) is 0. The highest BCUT2D eigenvalue weighted by Crippen LogP contribution is 2.43.